The molecule has 24 heavy (non-hydrogen) atoms. The molecule has 0 bridgehead atoms. The lowest BCUT2D eigenvalue weighted by Gasteiger charge is -2.28. The Bertz CT molecular complexity index is 819. The van der Waals surface area contributed by atoms with E-state index in [1.165, 1.54) is 18.3 Å². The van der Waals surface area contributed by atoms with Crippen molar-refractivity contribution in [1.29, 1.82) is 0 Å². The number of para-hydroxylation sites is 1. The van der Waals surface area contributed by atoms with Gasteiger partial charge >= 0.3 is 6.03 Å². The van der Waals surface area contributed by atoms with Crippen LogP contribution in [0.3, 0.4) is 0 Å². The molecule has 6 nitrogen and oxygen atoms in total. The number of barbiturate groups is 1. The van der Waals surface area contributed by atoms with Gasteiger partial charge in [-0.05, 0) is 36.4 Å². The van der Waals surface area contributed by atoms with Gasteiger partial charge in [0.05, 0.1) is 11.4 Å². The maximum atomic E-state index is 12.6. The van der Waals surface area contributed by atoms with Gasteiger partial charge in [-0.15, -0.1) is 0 Å². The monoisotopic (exact) mass is 341 g/mol. The highest BCUT2D eigenvalue weighted by Gasteiger charge is 2.40. The van der Waals surface area contributed by atoms with Gasteiger partial charge in [-0.25, -0.2) is 9.69 Å². The summed E-state index contributed by atoms with van der Waals surface area (Å²) in [5, 5.41) is 2.64. The minimum atomic E-state index is -1.18. The molecule has 1 aliphatic rings. The fourth-order valence-corrected chi connectivity index (χ4v) is 2.36. The molecule has 3 rings (SSSR count). The third kappa shape index (κ3) is 3.18. The van der Waals surface area contributed by atoms with E-state index in [4.69, 9.17) is 11.6 Å². The number of carbonyl (C=O) groups excluding carboxylic acids is 3. The van der Waals surface area contributed by atoms with Crippen LogP contribution in [0.15, 0.2) is 59.6 Å². The number of halogens is 1. The Hall–Kier alpha value is -2.99. The number of rotatable bonds is 3. The van der Waals surface area contributed by atoms with Crippen LogP contribution in [0, 0.1) is 5.92 Å². The number of benzene rings is 2. The Balaban J connectivity index is 1.88. The van der Waals surface area contributed by atoms with E-state index in [1.807, 2.05) is 6.07 Å². The third-order valence-corrected chi connectivity index (χ3v) is 3.67. The molecule has 0 unspecified atom stereocenters. The number of aliphatic imine (C=N–C) groups is 1. The first-order valence-corrected chi connectivity index (χ1v) is 7.47. The Morgan fingerprint density at radius 3 is 2.33 bits per heavy atom. The van der Waals surface area contributed by atoms with Gasteiger partial charge in [0, 0.05) is 11.2 Å². The summed E-state index contributed by atoms with van der Waals surface area (Å²) in [6, 6.07) is 14.3. The van der Waals surface area contributed by atoms with E-state index < -0.39 is 23.8 Å². The van der Waals surface area contributed by atoms with Gasteiger partial charge in [0.2, 0.25) is 5.91 Å². The van der Waals surface area contributed by atoms with Gasteiger partial charge in [0.25, 0.3) is 5.91 Å². The van der Waals surface area contributed by atoms with Gasteiger partial charge in [0.15, 0.2) is 5.92 Å². The van der Waals surface area contributed by atoms with Crippen LogP contribution < -0.4 is 10.2 Å². The van der Waals surface area contributed by atoms with Crippen molar-refractivity contribution in [2.75, 3.05) is 4.90 Å². The van der Waals surface area contributed by atoms with Crippen LogP contribution >= 0.6 is 11.6 Å². The molecule has 1 atom stereocenters. The van der Waals surface area contributed by atoms with Crippen LogP contribution in [0.5, 0.6) is 0 Å². The molecule has 120 valence electrons. The molecule has 0 aliphatic carbocycles. The van der Waals surface area contributed by atoms with Crippen molar-refractivity contribution in [2.45, 2.75) is 0 Å². The maximum absolute atomic E-state index is 12.6. The van der Waals surface area contributed by atoms with Crippen molar-refractivity contribution < 1.29 is 14.4 Å². The van der Waals surface area contributed by atoms with E-state index in [1.54, 1.807) is 36.4 Å². The molecule has 4 amide bonds. The van der Waals surface area contributed by atoms with Crippen molar-refractivity contribution in [2.24, 2.45) is 10.9 Å². The van der Waals surface area contributed by atoms with E-state index in [0.29, 0.717) is 16.4 Å². The lowest BCUT2D eigenvalue weighted by molar-refractivity contribution is -0.131. The van der Waals surface area contributed by atoms with Crippen molar-refractivity contribution in [3.8, 4) is 0 Å². The van der Waals surface area contributed by atoms with E-state index in [9.17, 15) is 14.4 Å². The summed E-state index contributed by atoms with van der Waals surface area (Å²) in [5.41, 5.74) is 0.931. The molecule has 0 radical (unpaired) electrons. The topological polar surface area (TPSA) is 78.8 Å². The first-order valence-electron chi connectivity index (χ1n) is 7.10. The SMILES string of the molecule is O=C1NC(=O)N(c2ccc(Cl)cc2)C(=O)[C@@H]1C=Nc1ccccc1. The summed E-state index contributed by atoms with van der Waals surface area (Å²) in [6.45, 7) is 0. The average molecular weight is 342 g/mol. The van der Waals surface area contributed by atoms with Gasteiger partial charge in [-0.2, -0.15) is 0 Å². The Kier molecular flexibility index (Phi) is 4.39. The summed E-state index contributed by atoms with van der Waals surface area (Å²) in [7, 11) is 0. The number of urea groups is 1. The zero-order valence-electron chi connectivity index (χ0n) is 12.3. The standard InChI is InChI=1S/C17H12ClN3O3/c18-11-6-8-13(9-7-11)21-16(23)14(15(22)20-17(21)24)10-19-12-4-2-1-3-5-12/h1-10,14H,(H,20,22,24)/t14-/m1/s1. The van der Waals surface area contributed by atoms with Crippen LogP contribution in [0.25, 0.3) is 0 Å². The molecule has 1 aliphatic heterocycles. The molecule has 1 saturated heterocycles. The highest BCUT2D eigenvalue weighted by atomic mass is 35.5. The Morgan fingerprint density at radius 2 is 1.67 bits per heavy atom. The normalized spacial score (nSPS) is 18.1. The van der Waals surface area contributed by atoms with Crippen molar-refractivity contribution in [3.63, 3.8) is 0 Å². The summed E-state index contributed by atoms with van der Waals surface area (Å²) >= 11 is 5.81. The number of anilines is 1. The molecule has 7 heteroatoms. The third-order valence-electron chi connectivity index (χ3n) is 3.42. The predicted octanol–water partition coefficient (Wildman–Crippen LogP) is 2.94. The second-order valence-corrected chi connectivity index (χ2v) is 5.47. The zero-order chi connectivity index (χ0) is 17.1. The summed E-state index contributed by atoms with van der Waals surface area (Å²) in [6.07, 6.45) is 1.24. The minimum Gasteiger partial charge on any atom is -0.276 e. The van der Waals surface area contributed by atoms with Crippen molar-refractivity contribution >= 4 is 47.0 Å². The summed E-state index contributed by atoms with van der Waals surface area (Å²) < 4.78 is 0. The average Bonchev–Trinajstić information content (AvgIpc) is 2.57. The first-order chi connectivity index (χ1) is 11.6. The van der Waals surface area contributed by atoms with Gasteiger partial charge in [-0.1, -0.05) is 29.8 Å². The summed E-state index contributed by atoms with van der Waals surface area (Å²) in [4.78, 5) is 41.6. The maximum Gasteiger partial charge on any atom is 0.335 e. The quantitative estimate of drug-likeness (QED) is 0.688. The van der Waals surface area contributed by atoms with Crippen LogP contribution in [-0.2, 0) is 9.59 Å². The van der Waals surface area contributed by atoms with Gasteiger partial charge in [0.1, 0.15) is 0 Å². The molecular weight excluding hydrogens is 330 g/mol. The lowest BCUT2D eigenvalue weighted by atomic mass is 10.1. The van der Waals surface area contributed by atoms with Crippen LogP contribution in [0.1, 0.15) is 0 Å². The number of carbonyl (C=O) groups is 3. The van der Waals surface area contributed by atoms with Crippen molar-refractivity contribution in [3.05, 3.63) is 59.6 Å². The molecule has 0 aromatic heterocycles. The number of hydrogen-bond acceptors (Lipinski definition) is 4. The largest absolute Gasteiger partial charge is 0.335 e. The Labute approximate surface area is 142 Å². The van der Waals surface area contributed by atoms with Crippen LogP contribution in [0.2, 0.25) is 5.02 Å². The van der Waals surface area contributed by atoms with Crippen molar-refractivity contribution in [1.82, 2.24) is 5.32 Å². The molecule has 1 heterocycles. The second-order valence-electron chi connectivity index (χ2n) is 5.04. The fourth-order valence-electron chi connectivity index (χ4n) is 2.23. The van der Waals surface area contributed by atoms with Crippen LogP contribution in [0.4, 0.5) is 16.2 Å². The molecule has 2 aromatic rings. The van der Waals surface area contributed by atoms with Crippen LogP contribution in [-0.4, -0.2) is 24.1 Å². The number of imide groups is 2. The number of nitrogens with zero attached hydrogens (tertiary/aromatic N) is 2. The highest BCUT2D eigenvalue weighted by Crippen LogP contribution is 2.22. The Morgan fingerprint density at radius 1 is 1.00 bits per heavy atom. The van der Waals surface area contributed by atoms with Gasteiger partial charge < -0.3 is 0 Å². The first kappa shape index (κ1) is 15.9. The smallest absolute Gasteiger partial charge is 0.276 e. The van der Waals surface area contributed by atoms with E-state index >= 15 is 0 Å². The minimum absolute atomic E-state index is 0.326. The molecule has 2 aromatic carbocycles. The van der Waals surface area contributed by atoms with Gasteiger partial charge in [-0.3, -0.25) is 19.9 Å². The van der Waals surface area contributed by atoms with E-state index in [0.717, 1.165) is 4.90 Å². The fraction of sp³-hybridized carbons (Fsp3) is 0.0588. The lowest BCUT2D eigenvalue weighted by Crippen LogP contribution is -2.58. The molecule has 0 saturated carbocycles. The molecule has 1 fully saturated rings. The molecule has 0 spiro atoms. The molecular formula is C17H12ClN3O3. The highest BCUT2D eigenvalue weighted by molar-refractivity contribution is 6.33. The number of amides is 4. The zero-order valence-corrected chi connectivity index (χ0v) is 13.1. The molecule has 1 N–H and O–H groups in total. The second kappa shape index (κ2) is 6.64. The predicted molar refractivity (Wildman–Crippen MR) is 90.6 cm³/mol. The number of hydrogen-bond donors (Lipinski definition) is 1. The summed E-state index contributed by atoms with van der Waals surface area (Å²) in [5.74, 6) is -2.54. The van der Waals surface area contributed by atoms with E-state index in [-0.39, 0.29) is 0 Å². The van der Waals surface area contributed by atoms with E-state index in [2.05, 4.69) is 10.3 Å². The number of nitrogens with one attached hydrogen (secondary N) is 1.